The standard InChI is InChI=1S/C27H48N3O4S/c1-6-8-10-12-13-15-20-33-27(31)34-26(22(3)4)30(5)18-16-17-23(21-30)24-25(29-35-28-24)32-19-14-11-9-7-2/h17,22,26H,6-16,18-21H2,1-5H3/q+1. The first-order valence-electron chi connectivity index (χ1n) is 13.7. The lowest BCUT2D eigenvalue weighted by Gasteiger charge is -2.44. The fraction of sp³-hybridized carbons (Fsp3) is 0.815. The van der Waals surface area contributed by atoms with Crippen LogP contribution in [0.5, 0.6) is 5.88 Å². The normalized spacial score (nSPS) is 18.9. The molecule has 2 atom stereocenters. The zero-order valence-corrected chi connectivity index (χ0v) is 23.5. The van der Waals surface area contributed by atoms with Crippen LogP contribution in [0.15, 0.2) is 6.08 Å². The molecule has 0 fully saturated rings. The van der Waals surface area contributed by atoms with Crippen molar-refractivity contribution in [3.63, 3.8) is 0 Å². The maximum absolute atomic E-state index is 12.5. The number of hydrogen-bond acceptors (Lipinski definition) is 7. The number of ether oxygens (including phenoxy) is 3. The lowest BCUT2D eigenvalue weighted by Crippen LogP contribution is -2.58. The SMILES string of the molecule is CCCCCCCCOC(=O)OC(C(C)C)[N+]1(C)CCC=C(c2nsnc2OCCCCCC)C1. The highest BCUT2D eigenvalue weighted by atomic mass is 32.1. The van der Waals surface area contributed by atoms with Gasteiger partial charge in [-0.2, -0.15) is 4.37 Å². The average molecular weight is 511 g/mol. The van der Waals surface area contributed by atoms with Gasteiger partial charge < -0.3 is 14.2 Å². The van der Waals surface area contributed by atoms with Crippen molar-refractivity contribution >= 4 is 23.5 Å². The second-order valence-corrected chi connectivity index (χ2v) is 10.9. The van der Waals surface area contributed by atoms with Crippen LogP contribution in [0.1, 0.15) is 104 Å². The predicted octanol–water partition coefficient (Wildman–Crippen LogP) is 7.23. The van der Waals surface area contributed by atoms with E-state index in [1.165, 1.54) is 56.7 Å². The molecule has 2 heterocycles. The summed E-state index contributed by atoms with van der Waals surface area (Å²) in [7, 11) is 2.16. The Morgan fingerprint density at radius 2 is 1.66 bits per heavy atom. The smallest absolute Gasteiger partial charge is 0.475 e. The summed E-state index contributed by atoms with van der Waals surface area (Å²) in [6.45, 7) is 11.3. The van der Waals surface area contributed by atoms with Crippen molar-refractivity contribution in [1.29, 1.82) is 0 Å². The van der Waals surface area contributed by atoms with Gasteiger partial charge in [0.05, 0.1) is 38.5 Å². The van der Waals surface area contributed by atoms with E-state index in [2.05, 4.69) is 49.6 Å². The highest BCUT2D eigenvalue weighted by Gasteiger charge is 2.41. The Hall–Kier alpha value is -1.67. The van der Waals surface area contributed by atoms with Gasteiger partial charge in [0.25, 0.3) is 5.88 Å². The fourth-order valence-corrected chi connectivity index (χ4v) is 5.31. The summed E-state index contributed by atoms with van der Waals surface area (Å²) >= 11 is 1.19. The molecule has 0 spiro atoms. The number of hydrogen-bond donors (Lipinski definition) is 0. The van der Waals surface area contributed by atoms with Crippen molar-refractivity contribution in [2.24, 2.45) is 5.92 Å². The summed E-state index contributed by atoms with van der Waals surface area (Å²) in [5.74, 6) is 0.787. The van der Waals surface area contributed by atoms with Gasteiger partial charge in [0, 0.05) is 17.9 Å². The summed E-state index contributed by atoms with van der Waals surface area (Å²) in [4.78, 5) is 12.5. The molecule has 0 bridgehead atoms. The minimum absolute atomic E-state index is 0.156. The fourth-order valence-electron chi connectivity index (χ4n) is 4.78. The van der Waals surface area contributed by atoms with Crippen LogP contribution in [0.2, 0.25) is 0 Å². The maximum atomic E-state index is 12.5. The summed E-state index contributed by atoms with van der Waals surface area (Å²) in [6, 6.07) is 0. The van der Waals surface area contributed by atoms with E-state index < -0.39 is 6.16 Å². The number of nitrogens with zero attached hydrogens (tertiary/aromatic N) is 3. The Morgan fingerprint density at radius 3 is 2.37 bits per heavy atom. The number of rotatable bonds is 17. The Balaban J connectivity index is 1.91. The molecule has 1 aromatic heterocycles. The maximum Gasteiger partial charge on any atom is 0.512 e. The highest BCUT2D eigenvalue weighted by Crippen LogP contribution is 2.33. The summed E-state index contributed by atoms with van der Waals surface area (Å²) < 4.78 is 26.9. The van der Waals surface area contributed by atoms with Crippen LogP contribution in [0.25, 0.3) is 5.57 Å². The van der Waals surface area contributed by atoms with E-state index in [0.717, 1.165) is 43.5 Å². The first kappa shape index (κ1) is 29.6. The zero-order chi connectivity index (χ0) is 25.5. The second-order valence-electron chi connectivity index (χ2n) is 10.3. The van der Waals surface area contributed by atoms with Crippen LogP contribution in [-0.4, -0.2) is 59.0 Å². The third-order valence-corrected chi connectivity index (χ3v) is 7.19. The van der Waals surface area contributed by atoms with Gasteiger partial charge in [-0.3, -0.25) is 4.48 Å². The summed E-state index contributed by atoms with van der Waals surface area (Å²) in [5, 5.41) is 0. The first-order valence-corrected chi connectivity index (χ1v) is 14.5. The van der Waals surface area contributed by atoms with Crippen LogP contribution in [0.4, 0.5) is 4.79 Å². The largest absolute Gasteiger partial charge is 0.512 e. The van der Waals surface area contributed by atoms with Crippen molar-refractivity contribution < 1.29 is 23.5 Å². The third-order valence-electron chi connectivity index (χ3n) is 6.68. The average Bonchev–Trinajstić information content (AvgIpc) is 3.30. The Bertz CT molecular complexity index is 767. The molecule has 2 unspecified atom stereocenters. The van der Waals surface area contributed by atoms with Gasteiger partial charge in [0.15, 0.2) is 0 Å². The van der Waals surface area contributed by atoms with E-state index in [-0.39, 0.29) is 12.1 Å². The second kappa shape index (κ2) is 16.1. The lowest BCUT2D eigenvalue weighted by molar-refractivity contribution is -0.950. The van der Waals surface area contributed by atoms with E-state index in [4.69, 9.17) is 14.2 Å². The third kappa shape index (κ3) is 10.1. The molecule has 200 valence electrons. The van der Waals surface area contributed by atoms with Gasteiger partial charge in [-0.1, -0.05) is 85.1 Å². The van der Waals surface area contributed by atoms with Crippen molar-refractivity contribution in [3.8, 4) is 5.88 Å². The Morgan fingerprint density at radius 1 is 1.00 bits per heavy atom. The zero-order valence-electron chi connectivity index (χ0n) is 22.7. The molecule has 7 nitrogen and oxygen atoms in total. The van der Waals surface area contributed by atoms with Crippen molar-refractivity contribution in [3.05, 3.63) is 11.8 Å². The van der Waals surface area contributed by atoms with Crippen LogP contribution < -0.4 is 4.74 Å². The van der Waals surface area contributed by atoms with Gasteiger partial charge in [-0.25, -0.2) is 4.79 Å². The summed E-state index contributed by atoms with van der Waals surface area (Å²) in [5.41, 5.74) is 1.95. The number of carbonyl (C=O) groups is 1. The van der Waals surface area contributed by atoms with E-state index in [9.17, 15) is 4.79 Å². The predicted molar refractivity (Wildman–Crippen MR) is 142 cm³/mol. The van der Waals surface area contributed by atoms with E-state index in [0.29, 0.717) is 30.1 Å². The molecular formula is C27H48N3O4S+. The Labute approximate surface area is 217 Å². The molecule has 0 aliphatic carbocycles. The molecule has 2 rings (SSSR count). The molecule has 8 heteroatoms. The number of aromatic nitrogens is 2. The quantitative estimate of drug-likeness (QED) is 0.125. The Kier molecular flexibility index (Phi) is 13.6. The van der Waals surface area contributed by atoms with Crippen LogP contribution in [0.3, 0.4) is 0 Å². The van der Waals surface area contributed by atoms with Gasteiger partial charge in [0.2, 0.25) is 6.23 Å². The molecule has 1 aliphatic rings. The number of likely N-dealkylation sites (N-methyl/N-ethyl adjacent to an activating group) is 1. The number of carbonyl (C=O) groups excluding carboxylic acids is 1. The molecule has 0 saturated carbocycles. The van der Waals surface area contributed by atoms with E-state index in [1.54, 1.807) is 0 Å². The van der Waals surface area contributed by atoms with Crippen molar-refractivity contribution in [2.75, 3.05) is 33.4 Å². The molecule has 35 heavy (non-hydrogen) atoms. The molecule has 0 aromatic carbocycles. The molecular weight excluding hydrogens is 462 g/mol. The minimum Gasteiger partial charge on any atom is -0.475 e. The summed E-state index contributed by atoms with van der Waals surface area (Å²) in [6.07, 6.45) is 13.8. The molecule has 0 N–H and O–H groups in total. The van der Waals surface area contributed by atoms with Crippen LogP contribution in [0, 0.1) is 5.92 Å². The van der Waals surface area contributed by atoms with E-state index >= 15 is 0 Å². The van der Waals surface area contributed by atoms with Crippen molar-refractivity contribution in [2.45, 2.75) is 105 Å². The van der Waals surface area contributed by atoms with Gasteiger partial charge >= 0.3 is 6.16 Å². The molecule has 0 saturated heterocycles. The minimum atomic E-state index is -0.556. The van der Waals surface area contributed by atoms with Gasteiger partial charge in [-0.15, -0.1) is 4.37 Å². The lowest BCUT2D eigenvalue weighted by atomic mass is 10.0. The monoisotopic (exact) mass is 510 g/mol. The molecule has 1 aromatic rings. The first-order chi connectivity index (χ1) is 16.9. The molecule has 0 radical (unpaired) electrons. The molecule has 1 aliphatic heterocycles. The van der Waals surface area contributed by atoms with E-state index in [1.807, 2.05) is 0 Å². The highest BCUT2D eigenvalue weighted by molar-refractivity contribution is 6.99. The van der Waals surface area contributed by atoms with Crippen LogP contribution >= 0.6 is 11.7 Å². The van der Waals surface area contributed by atoms with Gasteiger partial charge in [-0.05, 0) is 12.8 Å². The van der Waals surface area contributed by atoms with Crippen molar-refractivity contribution in [1.82, 2.24) is 8.75 Å². The van der Waals surface area contributed by atoms with Gasteiger partial charge in [0.1, 0.15) is 12.2 Å². The van der Waals surface area contributed by atoms with Crippen LogP contribution in [-0.2, 0) is 9.47 Å². The number of unbranched alkanes of at least 4 members (excludes halogenated alkanes) is 8. The topological polar surface area (TPSA) is 70.5 Å². The number of quaternary nitrogens is 1. The molecule has 0 amide bonds.